The molecule has 0 radical (unpaired) electrons. The van der Waals surface area contributed by atoms with Crippen molar-refractivity contribution in [3.8, 4) is 11.3 Å². The molecule has 1 amide bonds. The van der Waals surface area contributed by atoms with Gasteiger partial charge in [0.1, 0.15) is 11.6 Å². The molecule has 0 aliphatic carbocycles. The second-order valence-corrected chi connectivity index (χ2v) is 7.48. The third-order valence-corrected chi connectivity index (χ3v) is 5.49. The maximum absolute atomic E-state index is 13.1. The number of hydrogen-bond acceptors (Lipinski definition) is 6. The molecule has 1 atom stereocenters. The van der Waals surface area contributed by atoms with Crippen LogP contribution in [0.3, 0.4) is 0 Å². The van der Waals surface area contributed by atoms with Crippen LogP contribution in [0.2, 0.25) is 0 Å². The zero-order valence-electron chi connectivity index (χ0n) is 16.3. The quantitative estimate of drug-likeness (QED) is 0.568. The highest BCUT2D eigenvalue weighted by molar-refractivity contribution is 5.94. The molecule has 4 heterocycles. The highest BCUT2D eigenvalue weighted by Gasteiger charge is 2.28. The number of amides is 1. The van der Waals surface area contributed by atoms with Gasteiger partial charge in [-0.15, -0.1) is 10.2 Å². The lowest BCUT2D eigenvalue weighted by Gasteiger charge is -2.32. The number of fused-ring (bicyclic) bond motifs is 1. The van der Waals surface area contributed by atoms with Crippen LogP contribution < -0.4 is 5.73 Å². The number of pyridine rings is 1. The van der Waals surface area contributed by atoms with Crippen LogP contribution in [-0.4, -0.2) is 48.5 Å². The maximum atomic E-state index is 13.1. The van der Waals surface area contributed by atoms with E-state index in [-0.39, 0.29) is 11.8 Å². The van der Waals surface area contributed by atoms with E-state index in [4.69, 9.17) is 5.73 Å². The normalized spacial score (nSPS) is 16.7. The molecule has 1 unspecified atom stereocenters. The smallest absolute Gasteiger partial charge is 0.253 e. The van der Waals surface area contributed by atoms with Crippen LogP contribution in [0.5, 0.6) is 0 Å². The molecule has 1 aliphatic heterocycles. The van der Waals surface area contributed by atoms with Crippen LogP contribution in [-0.2, 0) is 0 Å². The first-order chi connectivity index (χ1) is 14.7. The van der Waals surface area contributed by atoms with Crippen molar-refractivity contribution in [1.29, 1.82) is 0 Å². The molecule has 0 bridgehead atoms. The van der Waals surface area contributed by atoms with Crippen LogP contribution in [0.4, 0.5) is 5.82 Å². The van der Waals surface area contributed by atoms with Crippen molar-refractivity contribution in [2.75, 3.05) is 18.8 Å². The van der Waals surface area contributed by atoms with E-state index in [2.05, 4.69) is 20.2 Å². The minimum Gasteiger partial charge on any atom is -0.382 e. The second-order valence-electron chi connectivity index (χ2n) is 7.48. The molecule has 8 heteroatoms. The number of piperidine rings is 1. The molecule has 3 aromatic heterocycles. The molecule has 150 valence electrons. The van der Waals surface area contributed by atoms with E-state index in [9.17, 15) is 4.79 Å². The molecule has 1 fully saturated rings. The Morgan fingerprint density at radius 1 is 1.07 bits per heavy atom. The summed E-state index contributed by atoms with van der Waals surface area (Å²) in [4.78, 5) is 23.4. The fraction of sp³-hybridized carbons (Fsp3) is 0.227. The Morgan fingerprint density at radius 2 is 1.93 bits per heavy atom. The lowest BCUT2D eigenvalue weighted by Crippen LogP contribution is -2.39. The van der Waals surface area contributed by atoms with Gasteiger partial charge in [-0.1, -0.05) is 18.2 Å². The van der Waals surface area contributed by atoms with Gasteiger partial charge in [-0.2, -0.15) is 0 Å². The number of likely N-dealkylation sites (tertiary alicyclic amines) is 1. The minimum atomic E-state index is 0.0266. The van der Waals surface area contributed by atoms with Gasteiger partial charge in [0.2, 0.25) is 0 Å². The SMILES string of the molecule is Nc1cncc(-c2ccc(C(=O)N3CCCC(c4nnc5ccccn45)C3)cc2)n1. The lowest BCUT2D eigenvalue weighted by molar-refractivity contribution is 0.0704. The monoisotopic (exact) mass is 399 g/mol. The van der Waals surface area contributed by atoms with Crippen molar-refractivity contribution in [2.24, 2.45) is 0 Å². The van der Waals surface area contributed by atoms with Crippen molar-refractivity contribution in [2.45, 2.75) is 18.8 Å². The zero-order chi connectivity index (χ0) is 20.5. The predicted molar refractivity (Wildman–Crippen MR) is 113 cm³/mol. The highest BCUT2D eigenvalue weighted by atomic mass is 16.2. The molecule has 0 saturated carbocycles. The Morgan fingerprint density at radius 3 is 2.77 bits per heavy atom. The van der Waals surface area contributed by atoms with Crippen LogP contribution >= 0.6 is 0 Å². The topological polar surface area (TPSA) is 102 Å². The first-order valence-electron chi connectivity index (χ1n) is 9.96. The molecule has 2 N–H and O–H groups in total. The number of nitrogens with two attached hydrogens (primary N) is 1. The van der Waals surface area contributed by atoms with Crippen molar-refractivity contribution in [3.05, 3.63) is 72.4 Å². The largest absolute Gasteiger partial charge is 0.382 e. The zero-order valence-corrected chi connectivity index (χ0v) is 16.3. The van der Waals surface area contributed by atoms with Gasteiger partial charge in [0.05, 0.1) is 18.1 Å². The number of nitrogens with zero attached hydrogens (tertiary/aromatic N) is 6. The first-order valence-corrected chi connectivity index (χ1v) is 9.96. The molecule has 4 aromatic rings. The van der Waals surface area contributed by atoms with Crippen LogP contribution in [0.1, 0.15) is 34.9 Å². The average molecular weight is 399 g/mol. The van der Waals surface area contributed by atoms with E-state index in [0.717, 1.165) is 36.4 Å². The number of aromatic nitrogens is 5. The van der Waals surface area contributed by atoms with Crippen molar-refractivity contribution in [1.82, 2.24) is 29.5 Å². The average Bonchev–Trinajstić information content (AvgIpc) is 3.23. The highest BCUT2D eigenvalue weighted by Crippen LogP contribution is 2.27. The van der Waals surface area contributed by atoms with E-state index < -0.39 is 0 Å². The molecule has 1 aromatic carbocycles. The standard InChI is InChI=1S/C22H21N7O/c23-19-13-24-12-18(25-19)15-6-8-16(9-7-15)22(30)28-10-3-4-17(14-28)21-27-26-20-5-1-2-11-29(20)21/h1-2,5-9,11-13,17H,3-4,10,14H2,(H2,23,25). The van der Waals surface area contributed by atoms with Crippen molar-refractivity contribution in [3.63, 3.8) is 0 Å². The maximum Gasteiger partial charge on any atom is 0.253 e. The summed E-state index contributed by atoms with van der Waals surface area (Å²) in [6.45, 7) is 1.38. The van der Waals surface area contributed by atoms with Gasteiger partial charge < -0.3 is 10.6 Å². The molecular formula is C22H21N7O. The Balaban J connectivity index is 1.34. The van der Waals surface area contributed by atoms with Crippen LogP contribution in [0.25, 0.3) is 16.9 Å². The van der Waals surface area contributed by atoms with Gasteiger partial charge in [-0.3, -0.25) is 14.2 Å². The van der Waals surface area contributed by atoms with Gasteiger partial charge in [0.15, 0.2) is 5.65 Å². The molecule has 1 saturated heterocycles. The Bertz CT molecular complexity index is 1200. The number of anilines is 1. The first kappa shape index (κ1) is 18.2. The number of carbonyl (C=O) groups is 1. The van der Waals surface area contributed by atoms with Crippen LogP contribution in [0, 0.1) is 0 Å². The summed E-state index contributed by atoms with van der Waals surface area (Å²) >= 11 is 0. The van der Waals surface area contributed by atoms with Gasteiger partial charge >= 0.3 is 0 Å². The molecule has 8 nitrogen and oxygen atoms in total. The fourth-order valence-corrected chi connectivity index (χ4v) is 4.00. The van der Waals surface area contributed by atoms with Crippen molar-refractivity contribution < 1.29 is 4.79 Å². The number of nitrogen functional groups attached to an aromatic ring is 1. The van der Waals surface area contributed by atoms with Crippen LogP contribution in [0.15, 0.2) is 61.1 Å². The molecule has 0 spiro atoms. The fourth-order valence-electron chi connectivity index (χ4n) is 4.00. The van der Waals surface area contributed by atoms with Gasteiger partial charge in [0, 0.05) is 36.3 Å². The summed E-state index contributed by atoms with van der Waals surface area (Å²) in [5.74, 6) is 1.48. The van der Waals surface area contributed by atoms with Gasteiger partial charge in [-0.05, 0) is 37.1 Å². The summed E-state index contributed by atoms with van der Waals surface area (Å²) in [6, 6.07) is 13.3. The van der Waals surface area contributed by atoms with E-state index >= 15 is 0 Å². The predicted octanol–water partition coefficient (Wildman–Crippen LogP) is 2.79. The Labute approximate surface area is 173 Å². The molecule has 5 rings (SSSR count). The van der Waals surface area contributed by atoms with E-state index in [1.807, 2.05) is 58.0 Å². The second kappa shape index (κ2) is 7.55. The summed E-state index contributed by atoms with van der Waals surface area (Å²) in [5.41, 5.74) is 8.76. The lowest BCUT2D eigenvalue weighted by atomic mass is 9.96. The van der Waals surface area contributed by atoms with E-state index in [0.29, 0.717) is 23.6 Å². The molecular weight excluding hydrogens is 378 g/mol. The Hall–Kier alpha value is -3.81. The summed E-state index contributed by atoms with van der Waals surface area (Å²) in [7, 11) is 0. The number of hydrogen-bond donors (Lipinski definition) is 1. The molecule has 30 heavy (non-hydrogen) atoms. The third kappa shape index (κ3) is 3.36. The number of carbonyl (C=O) groups excluding carboxylic acids is 1. The minimum absolute atomic E-state index is 0.0266. The van der Waals surface area contributed by atoms with Gasteiger partial charge in [-0.25, -0.2) is 4.98 Å². The Kier molecular flexibility index (Phi) is 4.59. The van der Waals surface area contributed by atoms with Gasteiger partial charge in [0.25, 0.3) is 5.91 Å². The number of rotatable bonds is 3. The van der Waals surface area contributed by atoms with Crippen molar-refractivity contribution >= 4 is 17.4 Å². The third-order valence-electron chi connectivity index (χ3n) is 5.49. The summed E-state index contributed by atoms with van der Waals surface area (Å²) < 4.78 is 2.01. The summed E-state index contributed by atoms with van der Waals surface area (Å²) in [6.07, 6.45) is 7.07. The van der Waals surface area contributed by atoms with E-state index in [1.165, 1.54) is 6.20 Å². The summed E-state index contributed by atoms with van der Waals surface area (Å²) in [5, 5.41) is 8.65. The molecule has 1 aliphatic rings. The number of benzene rings is 1. The van der Waals surface area contributed by atoms with E-state index in [1.54, 1.807) is 6.20 Å².